The highest BCUT2D eigenvalue weighted by molar-refractivity contribution is 8.14. The lowest BCUT2D eigenvalue weighted by Crippen LogP contribution is -2.26. The Morgan fingerprint density at radius 2 is 1.59 bits per heavy atom. The second-order valence-electron chi connectivity index (χ2n) is 5.74. The first-order valence-electron chi connectivity index (χ1n) is 8.01. The molecule has 2 rings (SSSR count). The molecule has 0 aromatic heterocycles. The fourth-order valence-corrected chi connectivity index (χ4v) is 3.91. The smallest absolute Gasteiger partial charge is 0.406 e. The van der Waals surface area contributed by atoms with Gasteiger partial charge in [0, 0.05) is 19.5 Å². The molecule has 6 nitrogen and oxygen atoms in total. The van der Waals surface area contributed by atoms with Crippen molar-refractivity contribution in [3.05, 3.63) is 54.1 Å². The van der Waals surface area contributed by atoms with Crippen molar-refractivity contribution in [1.82, 2.24) is 0 Å². The van der Waals surface area contributed by atoms with Gasteiger partial charge in [-0.25, -0.2) is 8.42 Å². The Balaban J connectivity index is 2.16. The van der Waals surface area contributed by atoms with Crippen molar-refractivity contribution in [3.63, 3.8) is 0 Å². The van der Waals surface area contributed by atoms with Crippen LogP contribution in [-0.4, -0.2) is 38.5 Å². The second-order valence-corrected chi connectivity index (χ2v) is 8.86. The van der Waals surface area contributed by atoms with E-state index in [9.17, 15) is 31.2 Å². The normalized spacial score (nSPS) is 11.8. The summed E-state index contributed by atoms with van der Waals surface area (Å²) in [6, 6.07) is 9.53. The molecule has 29 heavy (non-hydrogen) atoms. The summed E-state index contributed by atoms with van der Waals surface area (Å²) in [7, 11) is -2.77. The molecule has 0 unspecified atom stereocenters. The molecule has 0 aliphatic rings. The van der Waals surface area contributed by atoms with Gasteiger partial charge in [0.1, 0.15) is 5.75 Å². The summed E-state index contributed by atoms with van der Waals surface area (Å²) in [6.07, 6.45) is -4.88. The van der Waals surface area contributed by atoms with E-state index >= 15 is 0 Å². The highest BCUT2D eigenvalue weighted by Crippen LogP contribution is 2.27. The van der Waals surface area contributed by atoms with Crippen molar-refractivity contribution in [2.45, 2.75) is 18.2 Å². The van der Waals surface area contributed by atoms with E-state index in [2.05, 4.69) is 4.74 Å². The van der Waals surface area contributed by atoms with E-state index in [1.807, 2.05) is 0 Å². The molecule has 0 N–H and O–H groups in total. The van der Waals surface area contributed by atoms with Gasteiger partial charge in [0.15, 0.2) is 10.9 Å². The van der Waals surface area contributed by atoms with Crippen LogP contribution < -0.4 is 9.04 Å². The average Bonchev–Trinajstić information content (AvgIpc) is 2.64. The summed E-state index contributed by atoms with van der Waals surface area (Å²) >= 11 is 0.875. The van der Waals surface area contributed by atoms with Crippen molar-refractivity contribution in [3.8, 4) is 5.75 Å². The van der Waals surface area contributed by atoms with Crippen molar-refractivity contribution in [2.75, 3.05) is 17.1 Å². The first-order chi connectivity index (χ1) is 13.4. The molecule has 0 amide bonds. The number of Topliss-reactive ketones (excluding diaryl/α,β-unsaturated/α-hetero) is 1. The van der Waals surface area contributed by atoms with E-state index in [4.69, 9.17) is 0 Å². The molecule has 11 heteroatoms. The number of carbonyl (C=O) groups excluding carboxylic acids is 2. The van der Waals surface area contributed by atoms with E-state index in [1.54, 1.807) is 0 Å². The Labute approximate surface area is 169 Å². The topological polar surface area (TPSA) is 80.8 Å². The summed E-state index contributed by atoms with van der Waals surface area (Å²) < 4.78 is 66.7. The molecule has 0 saturated heterocycles. The number of alkyl halides is 3. The summed E-state index contributed by atoms with van der Waals surface area (Å²) in [5.41, 5.74) is 0.568. The fraction of sp³-hybridized carbons (Fsp3) is 0.222. The minimum Gasteiger partial charge on any atom is -0.406 e. The number of benzene rings is 2. The van der Waals surface area contributed by atoms with Gasteiger partial charge >= 0.3 is 6.36 Å². The van der Waals surface area contributed by atoms with Gasteiger partial charge in [0.2, 0.25) is 0 Å². The maximum absolute atomic E-state index is 12.7. The number of ether oxygens (including phenoxy) is 1. The second kappa shape index (κ2) is 8.87. The summed E-state index contributed by atoms with van der Waals surface area (Å²) in [5.74, 6) is -0.831. The zero-order valence-corrected chi connectivity index (χ0v) is 16.9. The van der Waals surface area contributed by atoms with Crippen molar-refractivity contribution >= 4 is 38.4 Å². The summed E-state index contributed by atoms with van der Waals surface area (Å²) in [5, 5.41) is -0.188. The van der Waals surface area contributed by atoms with Crippen LogP contribution in [0.25, 0.3) is 0 Å². The Hall–Kier alpha value is -2.53. The minimum absolute atomic E-state index is 0.0187. The van der Waals surface area contributed by atoms with Crippen molar-refractivity contribution in [2.24, 2.45) is 0 Å². The Morgan fingerprint density at radius 3 is 2.07 bits per heavy atom. The van der Waals surface area contributed by atoms with E-state index in [-0.39, 0.29) is 27.2 Å². The fourth-order valence-electron chi connectivity index (χ4n) is 2.22. The summed E-state index contributed by atoms with van der Waals surface area (Å²) in [4.78, 5) is 22.7. The molecule has 0 aliphatic heterocycles. The number of hydrogen-bond donors (Lipinski definition) is 0. The number of carbonyl (C=O) groups is 2. The zero-order chi connectivity index (χ0) is 21.8. The van der Waals surface area contributed by atoms with Crippen LogP contribution in [-0.2, 0) is 14.8 Å². The molecule has 0 fully saturated rings. The van der Waals surface area contributed by atoms with Crippen LogP contribution >= 0.6 is 11.8 Å². The molecular weight excluding hydrogens is 431 g/mol. The van der Waals surface area contributed by atoms with Gasteiger partial charge in [-0.05, 0) is 48.5 Å². The number of hydrogen-bond acceptors (Lipinski definition) is 6. The number of anilines is 1. The SMILES string of the molecule is CC(=O)SCC(=O)c1ccc(N(C)S(=O)(=O)c2ccc(OC(F)(F)F)cc2)cc1. The van der Waals surface area contributed by atoms with E-state index in [1.165, 1.54) is 38.2 Å². The minimum atomic E-state index is -4.88. The third-order valence-corrected chi connectivity index (χ3v) is 6.29. The van der Waals surface area contributed by atoms with Crippen LogP contribution in [0, 0.1) is 0 Å². The maximum Gasteiger partial charge on any atom is 0.573 e. The van der Waals surface area contributed by atoms with Gasteiger partial charge in [-0.3, -0.25) is 13.9 Å². The first-order valence-corrected chi connectivity index (χ1v) is 10.4. The van der Waals surface area contributed by atoms with Crippen molar-refractivity contribution in [1.29, 1.82) is 0 Å². The van der Waals surface area contributed by atoms with E-state index < -0.39 is 22.1 Å². The first kappa shape index (κ1) is 22.8. The highest BCUT2D eigenvalue weighted by Gasteiger charge is 2.31. The largest absolute Gasteiger partial charge is 0.573 e. The molecule has 0 atom stereocenters. The predicted octanol–water partition coefficient (Wildman–Crippen LogP) is 3.87. The number of rotatable bonds is 7. The Kier molecular flexibility index (Phi) is 6.96. The monoisotopic (exact) mass is 447 g/mol. The molecule has 0 bridgehead atoms. The molecular formula is C18H16F3NO5S2. The third-order valence-electron chi connectivity index (χ3n) is 3.68. The maximum atomic E-state index is 12.7. The number of nitrogens with zero attached hydrogens (tertiary/aromatic N) is 1. The molecule has 2 aromatic carbocycles. The third kappa shape index (κ3) is 6.23. The highest BCUT2D eigenvalue weighted by atomic mass is 32.2. The standard InChI is InChI=1S/C18H16F3NO5S2/c1-12(23)28-11-17(24)13-3-5-14(6-4-13)22(2)29(25,26)16-9-7-15(8-10-16)27-18(19,20)21/h3-10H,11H2,1-2H3. The van der Waals surface area contributed by atoms with Crippen LogP contribution in [0.3, 0.4) is 0 Å². The lowest BCUT2D eigenvalue weighted by atomic mass is 10.1. The van der Waals surface area contributed by atoms with Crippen LogP contribution in [0.1, 0.15) is 17.3 Å². The van der Waals surface area contributed by atoms with E-state index in [0.29, 0.717) is 5.56 Å². The lowest BCUT2D eigenvalue weighted by Gasteiger charge is -2.20. The number of sulfonamides is 1. The summed E-state index contributed by atoms with van der Waals surface area (Å²) in [6.45, 7) is 1.35. The number of thioether (sulfide) groups is 1. The Morgan fingerprint density at radius 1 is 1.03 bits per heavy atom. The molecule has 156 valence electrons. The van der Waals surface area contributed by atoms with Gasteiger partial charge < -0.3 is 4.74 Å². The molecule has 0 heterocycles. The van der Waals surface area contributed by atoms with Crippen LogP contribution in [0.2, 0.25) is 0 Å². The quantitative estimate of drug-likeness (QED) is 0.600. The lowest BCUT2D eigenvalue weighted by molar-refractivity contribution is -0.274. The van der Waals surface area contributed by atoms with Gasteiger partial charge in [-0.15, -0.1) is 13.2 Å². The number of halogens is 3. The molecule has 2 aromatic rings. The molecule has 0 saturated carbocycles. The predicted molar refractivity (Wildman–Crippen MR) is 103 cm³/mol. The van der Waals surface area contributed by atoms with Crippen molar-refractivity contribution < 1.29 is 35.9 Å². The molecule has 0 spiro atoms. The van der Waals surface area contributed by atoms with Gasteiger partial charge in [-0.1, -0.05) is 11.8 Å². The molecule has 0 aliphatic carbocycles. The van der Waals surface area contributed by atoms with Gasteiger partial charge in [-0.2, -0.15) is 0 Å². The van der Waals surface area contributed by atoms with Gasteiger partial charge in [0.25, 0.3) is 10.0 Å². The van der Waals surface area contributed by atoms with Crippen LogP contribution in [0.5, 0.6) is 5.75 Å². The zero-order valence-electron chi connectivity index (χ0n) is 15.3. The number of ketones is 1. The van der Waals surface area contributed by atoms with Gasteiger partial charge in [0.05, 0.1) is 16.3 Å². The Bertz CT molecular complexity index is 988. The average molecular weight is 447 g/mol. The molecule has 0 radical (unpaired) electrons. The van der Waals surface area contributed by atoms with Crippen LogP contribution in [0.4, 0.5) is 18.9 Å². The van der Waals surface area contributed by atoms with Crippen LogP contribution in [0.15, 0.2) is 53.4 Å². The van der Waals surface area contributed by atoms with E-state index in [0.717, 1.165) is 40.3 Å².